The molecule has 0 amide bonds. The second kappa shape index (κ2) is 9.28. The molecule has 0 saturated carbocycles. The van der Waals surface area contributed by atoms with Crippen molar-refractivity contribution in [2.75, 3.05) is 0 Å². The highest BCUT2D eigenvalue weighted by Crippen LogP contribution is 2.46. The average molecular weight is 387 g/mol. The Bertz CT molecular complexity index is 743. The Balaban J connectivity index is 1.86. The van der Waals surface area contributed by atoms with E-state index in [1.165, 1.54) is 9.79 Å². The molecule has 120 valence electrons. The minimum absolute atomic E-state index is 0.795. The van der Waals surface area contributed by atoms with Crippen LogP contribution in [0.15, 0.2) is 114 Å². The molecule has 0 radical (unpaired) electrons. The first-order valence-electron chi connectivity index (χ1n) is 7.40. The predicted molar refractivity (Wildman–Crippen MR) is 110 cm³/mol. The van der Waals surface area contributed by atoms with Gasteiger partial charge < -0.3 is 0 Å². The van der Waals surface area contributed by atoms with Crippen LogP contribution in [0.1, 0.15) is 0 Å². The third kappa shape index (κ3) is 5.38. The summed E-state index contributed by atoms with van der Waals surface area (Å²) in [6, 6.07) is 30.9. The molecule has 0 unspecified atom stereocenters. The van der Waals surface area contributed by atoms with E-state index < -0.39 is 0 Å². The highest BCUT2D eigenvalue weighted by atomic mass is 35.5. The summed E-state index contributed by atoms with van der Waals surface area (Å²) in [5.74, 6) is 0. The van der Waals surface area contributed by atoms with Crippen LogP contribution in [0, 0.1) is 0 Å². The van der Waals surface area contributed by atoms with Crippen LogP contribution in [0.5, 0.6) is 0 Å². The van der Waals surface area contributed by atoms with Crippen molar-refractivity contribution in [2.24, 2.45) is 0 Å². The van der Waals surface area contributed by atoms with Crippen LogP contribution in [-0.2, 0) is 0 Å². The molecular weight excluding hydrogens is 372 g/mol. The Labute approximate surface area is 160 Å². The van der Waals surface area contributed by atoms with Crippen LogP contribution < -0.4 is 0 Å². The van der Waals surface area contributed by atoms with Gasteiger partial charge in [-0.15, -0.1) is 0 Å². The van der Waals surface area contributed by atoms with E-state index >= 15 is 0 Å². The molecule has 0 aliphatic carbocycles. The van der Waals surface area contributed by atoms with Gasteiger partial charge in [0, 0.05) is 14.7 Å². The Morgan fingerprint density at radius 1 is 0.500 bits per heavy atom. The lowest BCUT2D eigenvalue weighted by molar-refractivity contribution is 1.46. The maximum Gasteiger partial charge on any atom is 0.0990 e. The topological polar surface area (TPSA) is 0 Å². The second-order valence-corrected chi connectivity index (χ2v) is 8.92. The van der Waals surface area contributed by atoms with Gasteiger partial charge in [-0.2, -0.15) is 0 Å². The third-order valence-corrected chi connectivity index (χ3v) is 7.11. The standard InChI is InChI=1S/C20H15ClS3/c21-19(22-16-10-4-1-5-11-16)20(23-17-12-6-2-7-13-17)24-18-14-8-3-9-15-18/h1-15H. The minimum atomic E-state index is 0.795. The van der Waals surface area contributed by atoms with Crippen LogP contribution in [0.2, 0.25) is 0 Å². The molecule has 0 aliphatic heterocycles. The number of halogens is 1. The molecule has 0 nitrogen and oxygen atoms in total. The van der Waals surface area contributed by atoms with Crippen LogP contribution in [0.25, 0.3) is 0 Å². The van der Waals surface area contributed by atoms with Crippen molar-refractivity contribution >= 4 is 46.9 Å². The van der Waals surface area contributed by atoms with Crippen molar-refractivity contribution in [3.05, 3.63) is 99.6 Å². The maximum absolute atomic E-state index is 6.68. The monoisotopic (exact) mass is 386 g/mol. The highest BCUT2D eigenvalue weighted by molar-refractivity contribution is 8.23. The minimum Gasteiger partial charge on any atom is -0.0806 e. The summed E-state index contributed by atoms with van der Waals surface area (Å²) in [7, 11) is 0. The van der Waals surface area contributed by atoms with Gasteiger partial charge in [0.2, 0.25) is 0 Å². The van der Waals surface area contributed by atoms with Gasteiger partial charge in [0.25, 0.3) is 0 Å². The largest absolute Gasteiger partial charge is 0.0990 e. The molecule has 24 heavy (non-hydrogen) atoms. The number of hydrogen-bond acceptors (Lipinski definition) is 3. The van der Waals surface area contributed by atoms with Crippen molar-refractivity contribution in [3.8, 4) is 0 Å². The van der Waals surface area contributed by atoms with E-state index in [1.807, 2.05) is 54.6 Å². The number of rotatable bonds is 6. The Hall–Kier alpha value is -1.26. The lowest BCUT2D eigenvalue weighted by Crippen LogP contribution is -1.79. The SMILES string of the molecule is ClC(Sc1ccccc1)=C(Sc1ccccc1)Sc1ccccc1. The normalized spacial score (nSPS) is 10.4. The van der Waals surface area contributed by atoms with E-state index in [0.717, 1.165) is 13.5 Å². The molecule has 0 spiro atoms. The van der Waals surface area contributed by atoms with Crippen LogP contribution >= 0.6 is 46.9 Å². The molecule has 3 rings (SSSR count). The summed E-state index contributed by atoms with van der Waals surface area (Å²) in [5, 5.41) is 0. The molecule has 3 aromatic carbocycles. The Morgan fingerprint density at radius 2 is 0.833 bits per heavy atom. The molecule has 4 heteroatoms. The molecule has 0 heterocycles. The summed E-state index contributed by atoms with van der Waals surface area (Å²) >= 11 is 11.7. The van der Waals surface area contributed by atoms with E-state index in [0.29, 0.717) is 0 Å². The van der Waals surface area contributed by atoms with Crippen molar-refractivity contribution in [2.45, 2.75) is 14.7 Å². The van der Waals surface area contributed by atoms with Gasteiger partial charge in [-0.25, -0.2) is 0 Å². The van der Waals surface area contributed by atoms with Crippen molar-refractivity contribution in [3.63, 3.8) is 0 Å². The van der Waals surface area contributed by atoms with Gasteiger partial charge >= 0.3 is 0 Å². The Morgan fingerprint density at radius 3 is 1.21 bits per heavy atom. The molecule has 3 aromatic rings. The highest BCUT2D eigenvalue weighted by Gasteiger charge is 2.11. The molecule has 0 bridgehead atoms. The fraction of sp³-hybridized carbons (Fsp3) is 0. The summed E-state index contributed by atoms with van der Waals surface area (Å²) in [6.07, 6.45) is 0. The summed E-state index contributed by atoms with van der Waals surface area (Å²) < 4.78 is 1.88. The van der Waals surface area contributed by atoms with E-state index in [-0.39, 0.29) is 0 Å². The van der Waals surface area contributed by atoms with E-state index in [2.05, 4.69) is 36.4 Å². The van der Waals surface area contributed by atoms with Gasteiger partial charge in [-0.3, -0.25) is 0 Å². The van der Waals surface area contributed by atoms with Crippen LogP contribution in [0.3, 0.4) is 0 Å². The summed E-state index contributed by atoms with van der Waals surface area (Å²) in [5.41, 5.74) is 0. The Kier molecular flexibility index (Phi) is 6.79. The fourth-order valence-corrected chi connectivity index (χ4v) is 5.43. The quantitative estimate of drug-likeness (QED) is 0.398. The first kappa shape index (κ1) is 17.6. The van der Waals surface area contributed by atoms with E-state index in [9.17, 15) is 0 Å². The van der Waals surface area contributed by atoms with Crippen molar-refractivity contribution in [1.82, 2.24) is 0 Å². The van der Waals surface area contributed by atoms with E-state index in [1.54, 1.807) is 35.3 Å². The second-order valence-electron chi connectivity index (χ2n) is 4.81. The molecule has 0 atom stereocenters. The molecule has 0 saturated heterocycles. The average Bonchev–Trinajstić information content (AvgIpc) is 2.64. The van der Waals surface area contributed by atoms with Gasteiger partial charge in [-0.1, -0.05) is 101 Å². The van der Waals surface area contributed by atoms with E-state index in [4.69, 9.17) is 11.6 Å². The van der Waals surface area contributed by atoms with Crippen LogP contribution in [-0.4, -0.2) is 0 Å². The number of benzene rings is 3. The zero-order chi connectivity index (χ0) is 16.6. The van der Waals surface area contributed by atoms with Crippen LogP contribution in [0.4, 0.5) is 0 Å². The maximum atomic E-state index is 6.68. The number of hydrogen-bond donors (Lipinski definition) is 0. The lowest BCUT2D eigenvalue weighted by atomic mass is 10.4. The first-order valence-corrected chi connectivity index (χ1v) is 10.2. The lowest BCUT2D eigenvalue weighted by Gasteiger charge is -2.10. The predicted octanol–water partition coefficient (Wildman–Crippen LogP) is 7.73. The van der Waals surface area contributed by atoms with Gasteiger partial charge in [0.15, 0.2) is 0 Å². The van der Waals surface area contributed by atoms with Crippen molar-refractivity contribution in [1.29, 1.82) is 0 Å². The fourth-order valence-electron chi connectivity index (χ4n) is 1.93. The van der Waals surface area contributed by atoms with Crippen molar-refractivity contribution < 1.29 is 0 Å². The molecule has 0 fully saturated rings. The summed E-state index contributed by atoms with van der Waals surface area (Å²) in [6.45, 7) is 0. The molecule has 0 aliphatic rings. The zero-order valence-corrected chi connectivity index (χ0v) is 16.0. The molecule has 0 aromatic heterocycles. The van der Waals surface area contributed by atoms with Gasteiger partial charge in [0.1, 0.15) is 0 Å². The molecular formula is C20H15ClS3. The van der Waals surface area contributed by atoms with Gasteiger partial charge in [0.05, 0.1) is 8.60 Å². The third-order valence-electron chi connectivity index (χ3n) is 3.02. The molecule has 0 N–H and O–H groups in total. The van der Waals surface area contributed by atoms with Gasteiger partial charge in [-0.05, 0) is 36.4 Å². The zero-order valence-electron chi connectivity index (χ0n) is 12.8. The first-order chi connectivity index (χ1) is 11.8. The number of thioether (sulfide) groups is 3. The smallest absolute Gasteiger partial charge is 0.0806 e. The summed E-state index contributed by atoms with van der Waals surface area (Å²) in [4.78, 5) is 3.51.